The van der Waals surface area contributed by atoms with E-state index in [1.54, 1.807) is 18.5 Å². The van der Waals surface area contributed by atoms with Crippen molar-refractivity contribution in [1.82, 2.24) is 9.97 Å². The van der Waals surface area contributed by atoms with Gasteiger partial charge in [0, 0.05) is 48.7 Å². The molecule has 3 aromatic rings. The fraction of sp³-hybridized carbons (Fsp3) is 0.379. The van der Waals surface area contributed by atoms with Gasteiger partial charge in [-0.25, -0.2) is 9.97 Å². The molecule has 3 atom stereocenters. The number of aliphatic carboxylic acids is 1. The van der Waals surface area contributed by atoms with Gasteiger partial charge in [0.15, 0.2) is 11.4 Å². The van der Waals surface area contributed by atoms with E-state index in [2.05, 4.69) is 15.3 Å². The number of hydrogen-bond acceptors (Lipinski definition) is 8. The molecule has 2 heterocycles. The Labute approximate surface area is 232 Å². The molecule has 10 heteroatoms. The third-order valence-corrected chi connectivity index (χ3v) is 7.30. The Bertz CT molecular complexity index is 1210. The molecule has 0 unspecified atom stereocenters. The van der Waals surface area contributed by atoms with E-state index in [1.807, 2.05) is 48.5 Å². The van der Waals surface area contributed by atoms with E-state index in [0.717, 1.165) is 16.7 Å². The van der Waals surface area contributed by atoms with Gasteiger partial charge in [0.1, 0.15) is 0 Å². The summed E-state index contributed by atoms with van der Waals surface area (Å²) in [7, 11) is 0. The number of carboxylic acid groups (broad SMARTS) is 1. The summed E-state index contributed by atoms with van der Waals surface area (Å²) in [5.74, 6) is -0.290. The van der Waals surface area contributed by atoms with Gasteiger partial charge < -0.3 is 25.0 Å². The first-order valence-electron chi connectivity index (χ1n) is 13.0. The molecule has 1 fully saturated rings. The van der Waals surface area contributed by atoms with E-state index >= 15 is 0 Å². The molecule has 0 aliphatic carbocycles. The normalized spacial score (nSPS) is 18.9. The minimum atomic E-state index is -0.818. The predicted octanol–water partition coefficient (Wildman–Crippen LogP) is 5.28. The number of rotatable bonds is 13. The van der Waals surface area contributed by atoms with E-state index in [-0.39, 0.29) is 31.1 Å². The van der Waals surface area contributed by atoms with Crippen molar-refractivity contribution >= 4 is 29.3 Å². The highest BCUT2D eigenvalue weighted by Gasteiger charge is 2.32. The number of carboxylic acids is 1. The van der Waals surface area contributed by atoms with Gasteiger partial charge >= 0.3 is 5.97 Å². The van der Waals surface area contributed by atoms with Gasteiger partial charge in [0.2, 0.25) is 5.91 Å². The van der Waals surface area contributed by atoms with Crippen molar-refractivity contribution in [3.8, 4) is 0 Å². The number of nitrogens with zero attached hydrogens (tertiary/aromatic N) is 2. The lowest BCUT2D eigenvalue weighted by atomic mass is 10.0. The quantitative estimate of drug-likeness (QED) is 0.147. The molecule has 206 valence electrons. The van der Waals surface area contributed by atoms with E-state index in [1.165, 1.54) is 11.8 Å². The fourth-order valence-electron chi connectivity index (χ4n) is 4.28. The molecule has 9 nitrogen and oxygen atoms in total. The van der Waals surface area contributed by atoms with Crippen LogP contribution in [0.15, 0.2) is 72.1 Å². The molecular weight excluding hydrogens is 518 g/mol. The van der Waals surface area contributed by atoms with Crippen molar-refractivity contribution in [3.63, 3.8) is 0 Å². The largest absolute Gasteiger partial charge is 0.481 e. The number of anilines is 1. The first kappa shape index (κ1) is 28.7. The Morgan fingerprint density at radius 1 is 0.949 bits per heavy atom. The van der Waals surface area contributed by atoms with Crippen LogP contribution in [0, 0.1) is 0 Å². The van der Waals surface area contributed by atoms with Crippen LogP contribution >= 0.6 is 11.8 Å². The third kappa shape index (κ3) is 9.14. The van der Waals surface area contributed by atoms with Crippen molar-refractivity contribution in [2.75, 3.05) is 11.1 Å². The molecule has 0 bridgehead atoms. The van der Waals surface area contributed by atoms with E-state index in [0.29, 0.717) is 48.7 Å². The number of nitrogens with one attached hydrogen (secondary N) is 1. The molecule has 1 aliphatic rings. The molecular formula is C29H33N3O6S. The topological polar surface area (TPSA) is 131 Å². The summed E-state index contributed by atoms with van der Waals surface area (Å²) in [5.41, 5.74) is 3.27. The molecule has 1 aliphatic heterocycles. The van der Waals surface area contributed by atoms with Crippen LogP contribution in [0.5, 0.6) is 0 Å². The van der Waals surface area contributed by atoms with Crippen molar-refractivity contribution in [2.45, 2.75) is 68.8 Å². The Kier molecular flexibility index (Phi) is 10.8. The Hall–Kier alpha value is -3.31. The van der Waals surface area contributed by atoms with Crippen LogP contribution in [0.1, 0.15) is 67.6 Å². The van der Waals surface area contributed by atoms with Crippen LogP contribution in [0.3, 0.4) is 0 Å². The molecule has 2 aromatic carbocycles. The summed E-state index contributed by atoms with van der Waals surface area (Å²) >= 11 is 1.53. The monoisotopic (exact) mass is 551 g/mol. The average molecular weight is 552 g/mol. The maximum Gasteiger partial charge on any atom is 0.303 e. The SMILES string of the molecule is O=C(O)CCCCCC(=O)Nc1cccc([C@@H]2O[C@H](CSc3ncccn3)C[C@H](c3ccc(CO)cc3)O2)c1. The average Bonchev–Trinajstić information content (AvgIpc) is 2.96. The zero-order valence-electron chi connectivity index (χ0n) is 21.6. The lowest BCUT2D eigenvalue weighted by Crippen LogP contribution is -2.31. The Balaban J connectivity index is 1.42. The van der Waals surface area contributed by atoms with E-state index in [4.69, 9.17) is 14.6 Å². The van der Waals surface area contributed by atoms with Crippen molar-refractivity contribution in [2.24, 2.45) is 0 Å². The lowest BCUT2D eigenvalue weighted by molar-refractivity contribution is -0.245. The first-order valence-corrected chi connectivity index (χ1v) is 14.0. The lowest BCUT2D eigenvalue weighted by Gasteiger charge is -2.36. The second kappa shape index (κ2) is 14.7. The zero-order chi connectivity index (χ0) is 27.5. The first-order chi connectivity index (χ1) is 19.0. The van der Waals surface area contributed by atoms with Crippen LogP contribution in [0.4, 0.5) is 5.69 Å². The van der Waals surface area contributed by atoms with Gasteiger partial charge in [0.05, 0.1) is 18.8 Å². The number of aliphatic hydroxyl groups excluding tert-OH is 1. The molecule has 1 amide bonds. The summed E-state index contributed by atoms with van der Waals surface area (Å²) < 4.78 is 12.8. The molecule has 1 saturated heterocycles. The second-order valence-corrected chi connectivity index (χ2v) is 10.3. The molecule has 4 rings (SSSR count). The van der Waals surface area contributed by atoms with Crippen molar-refractivity contribution in [3.05, 3.63) is 83.7 Å². The van der Waals surface area contributed by atoms with Gasteiger partial charge in [-0.1, -0.05) is 54.6 Å². The highest BCUT2D eigenvalue weighted by atomic mass is 32.2. The smallest absolute Gasteiger partial charge is 0.303 e. The summed E-state index contributed by atoms with van der Waals surface area (Å²) in [6.45, 7) is -0.0191. The van der Waals surface area contributed by atoms with Gasteiger partial charge in [-0.05, 0) is 42.2 Å². The van der Waals surface area contributed by atoms with E-state index < -0.39 is 12.3 Å². The number of carbonyl (C=O) groups is 2. The maximum absolute atomic E-state index is 12.4. The number of carbonyl (C=O) groups excluding carboxylic acids is 1. The summed E-state index contributed by atoms with van der Waals surface area (Å²) in [4.78, 5) is 31.6. The van der Waals surface area contributed by atoms with Crippen LogP contribution in [0.2, 0.25) is 0 Å². The Morgan fingerprint density at radius 2 is 1.72 bits per heavy atom. The van der Waals surface area contributed by atoms with Gasteiger partial charge in [-0.15, -0.1) is 0 Å². The molecule has 39 heavy (non-hydrogen) atoms. The molecule has 0 saturated carbocycles. The van der Waals surface area contributed by atoms with Crippen LogP contribution in [0.25, 0.3) is 0 Å². The fourth-order valence-corrected chi connectivity index (χ4v) is 5.10. The Morgan fingerprint density at radius 3 is 2.46 bits per heavy atom. The van der Waals surface area contributed by atoms with E-state index in [9.17, 15) is 14.7 Å². The number of unbranched alkanes of at least 4 members (excludes halogenated alkanes) is 2. The molecule has 0 radical (unpaired) electrons. The van der Waals surface area contributed by atoms with Crippen LogP contribution in [-0.4, -0.2) is 43.9 Å². The maximum atomic E-state index is 12.4. The summed E-state index contributed by atoms with van der Waals surface area (Å²) in [6, 6.07) is 16.9. The number of benzene rings is 2. The highest BCUT2D eigenvalue weighted by Crippen LogP contribution is 2.39. The van der Waals surface area contributed by atoms with Gasteiger partial charge in [0.25, 0.3) is 0 Å². The number of aliphatic hydroxyl groups is 1. The standard InChI is InChI=1S/C29H33N3O6S/c33-18-20-10-12-21(13-11-20)25-17-24(19-39-29-30-14-5-15-31-29)37-28(38-25)22-6-4-7-23(16-22)32-26(34)8-2-1-3-9-27(35)36/h4-7,10-16,24-25,28,33H,1-3,8-9,17-19H2,(H,32,34)(H,35,36)/t24-,25+,28+/m0/s1. The molecule has 1 aromatic heterocycles. The highest BCUT2D eigenvalue weighted by molar-refractivity contribution is 7.99. The van der Waals surface area contributed by atoms with Crippen molar-refractivity contribution in [1.29, 1.82) is 0 Å². The number of thioether (sulfide) groups is 1. The third-order valence-electron chi connectivity index (χ3n) is 6.29. The number of aromatic nitrogens is 2. The molecule has 3 N–H and O–H groups in total. The zero-order valence-corrected chi connectivity index (χ0v) is 22.4. The van der Waals surface area contributed by atoms with Crippen molar-refractivity contribution < 1.29 is 29.3 Å². The molecule has 0 spiro atoms. The second-order valence-electron chi connectivity index (χ2n) is 9.32. The number of hydrogen-bond donors (Lipinski definition) is 3. The minimum Gasteiger partial charge on any atom is -0.481 e. The predicted molar refractivity (Wildman–Crippen MR) is 147 cm³/mol. The summed E-state index contributed by atoms with van der Waals surface area (Å²) in [6.07, 6.45) is 5.41. The minimum absolute atomic E-state index is 0.0191. The van der Waals surface area contributed by atoms with Crippen LogP contribution < -0.4 is 5.32 Å². The van der Waals surface area contributed by atoms with Crippen LogP contribution in [-0.2, 0) is 25.7 Å². The number of amides is 1. The van der Waals surface area contributed by atoms with Gasteiger partial charge in [-0.3, -0.25) is 9.59 Å². The summed E-state index contributed by atoms with van der Waals surface area (Å²) in [5, 5.41) is 21.8. The van der Waals surface area contributed by atoms with Gasteiger partial charge in [-0.2, -0.15) is 0 Å². The number of ether oxygens (including phenoxy) is 2.